The number of aromatic amines is 1. The summed E-state index contributed by atoms with van der Waals surface area (Å²) >= 11 is 0. The van der Waals surface area contributed by atoms with Crippen molar-refractivity contribution in [2.24, 2.45) is 0 Å². The molecule has 1 aromatic rings. The fraction of sp³-hybridized carbons (Fsp3) is 0.429. The van der Waals surface area contributed by atoms with E-state index in [1.165, 1.54) is 5.56 Å². The van der Waals surface area contributed by atoms with E-state index in [4.69, 9.17) is 4.74 Å². The average Bonchev–Trinajstić information content (AvgIpc) is 2.17. The maximum Gasteiger partial charge on any atom is 0.0862 e. The van der Waals surface area contributed by atoms with E-state index in [0.29, 0.717) is 6.61 Å². The first-order valence-electron chi connectivity index (χ1n) is 2.96. The van der Waals surface area contributed by atoms with Gasteiger partial charge in [-0.3, -0.25) is 0 Å². The van der Waals surface area contributed by atoms with Gasteiger partial charge in [-0.25, -0.2) is 0 Å². The Kier molecular flexibility index (Phi) is 1.90. The minimum Gasteiger partial charge on any atom is -0.378 e. The molecule has 0 saturated carbocycles. The quantitative estimate of drug-likeness (QED) is 0.636. The number of H-pyrrole nitrogens is 1. The molecule has 0 unspecified atom stereocenters. The van der Waals surface area contributed by atoms with E-state index >= 15 is 0 Å². The predicted octanol–water partition coefficient (Wildman–Crippen LogP) is 1.47. The lowest BCUT2D eigenvalue weighted by atomic mass is 10.3. The molecule has 0 aliphatic heterocycles. The van der Waals surface area contributed by atoms with Crippen LogP contribution in [0.5, 0.6) is 0 Å². The van der Waals surface area contributed by atoms with E-state index in [9.17, 15) is 0 Å². The van der Waals surface area contributed by atoms with Crippen molar-refractivity contribution in [2.75, 3.05) is 7.11 Å². The molecule has 1 aromatic heterocycles. The van der Waals surface area contributed by atoms with Gasteiger partial charge in [-0.1, -0.05) is 0 Å². The van der Waals surface area contributed by atoms with Gasteiger partial charge >= 0.3 is 0 Å². The van der Waals surface area contributed by atoms with E-state index < -0.39 is 0 Å². The van der Waals surface area contributed by atoms with E-state index in [1.54, 1.807) is 7.11 Å². The van der Waals surface area contributed by atoms with Gasteiger partial charge in [0.1, 0.15) is 0 Å². The summed E-state index contributed by atoms with van der Waals surface area (Å²) in [6.45, 7) is 2.73. The monoisotopic (exact) mass is 125 g/mol. The molecular formula is C7H11NO. The fourth-order valence-electron chi connectivity index (χ4n) is 0.804. The van der Waals surface area contributed by atoms with Gasteiger partial charge in [0.25, 0.3) is 0 Å². The highest BCUT2D eigenvalue weighted by molar-refractivity contribution is 5.13. The second-order valence-corrected chi connectivity index (χ2v) is 2.14. The summed E-state index contributed by atoms with van der Waals surface area (Å²) < 4.78 is 4.91. The number of hydrogen-bond acceptors (Lipinski definition) is 1. The van der Waals surface area contributed by atoms with Crippen LogP contribution in [0.1, 0.15) is 11.3 Å². The maximum absolute atomic E-state index is 4.91. The smallest absolute Gasteiger partial charge is 0.0862 e. The highest BCUT2D eigenvalue weighted by atomic mass is 16.5. The Morgan fingerprint density at radius 3 is 2.89 bits per heavy atom. The molecule has 0 spiro atoms. The lowest BCUT2D eigenvalue weighted by Gasteiger charge is -1.90. The molecule has 2 nitrogen and oxygen atoms in total. The Labute approximate surface area is 54.8 Å². The van der Waals surface area contributed by atoms with Crippen LogP contribution in [0.15, 0.2) is 12.3 Å². The summed E-state index contributed by atoms with van der Waals surface area (Å²) in [5.74, 6) is 0. The highest BCUT2D eigenvalue weighted by Gasteiger charge is 1.91. The van der Waals surface area contributed by atoms with Crippen LogP contribution < -0.4 is 0 Å². The molecule has 0 amide bonds. The van der Waals surface area contributed by atoms with Gasteiger partial charge in [-0.05, 0) is 18.6 Å². The van der Waals surface area contributed by atoms with Gasteiger partial charge < -0.3 is 9.72 Å². The fourth-order valence-corrected chi connectivity index (χ4v) is 0.804. The summed E-state index contributed by atoms with van der Waals surface area (Å²) in [6.07, 6.45) is 1.97. The zero-order valence-electron chi connectivity index (χ0n) is 5.77. The number of methoxy groups -OCH3 is 1. The summed E-state index contributed by atoms with van der Waals surface area (Å²) in [5, 5.41) is 0. The first-order valence-corrected chi connectivity index (χ1v) is 2.96. The van der Waals surface area contributed by atoms with Crippen LogP contribution in [0.3, 0.4) is 0 Å². The zero-order valence-corrected chi connectivity index (χ0v) is 5.77. The molecule has 2 heteroatoms. The molecule has 0 aliphatic carbocycles. The van der Waals surface area contributed by atoms with Crippen molar-refractivity contribution in [3.05, 3.63) is 23.5 Å². The molecule has 1 rings (SSSR count). The molecule has 50 valence electrons. The van der Waals surface area contributed by atoms with Crippen molar-refractivity contribution in [3.63, 3.8) is 0 Å². The van der Waals surface area contributed by atoms with E-state index in [1.807, 2.05) is 6.20 Å². The third-order valence-electron chi connectivity index (χ3n) is 1.19. The second-order valence-electron chi connectivity index (χ2n) is 2.14. The average molecular weight is 125 g/mol. The number of rotatable bonds is 2. The van der Waals surface area contributed by atoms with Gasteiger partial charge in [0.05, 0.1) is 6.61 Å². The standard InChI is InChI=1S/C7H11NO/c1-6-3-7(5-9-2)8-4-6/h3-4,8H,5H2,1-2H3. The molecule has 0 aromatic carbocycles. The Balaban J connectivity index is 2.61. The van der Waals surface area contributed by atoms with Crippen LogP contribution in [0.4, 0.5) is 0 Å². The second kappa shape index (κ2) is 2.69. The topological polar surface area (TPSA) is 25.0 Å². The summed E-state index contributed by atoms with van der Waals surface area (Å²) in [5.41, 5.74) is 2.39. The lowest BCUT2D eigenvalue weighted by molar-refractivity contribution is 0.182. The molecule has 1 heterocycles. The molecule has 0 saturated heterocycles. The third kappa shape index (κ3) is 1.57. The first-order chi connectivity index (χ1) is 4.33. The zero-order chi connectivity index (χ0) is 6.69. The first kappa shape index (κ1) is 6.36. The van der Waals surface area contributed by atoms with Crippen LogP contribution in [0.25, 0.3) is 0 Å². The van der Waals surface area contributed by atoms with E-state index in [-0.39, 0.29) is 0 Å². The maximum atomic E-state index is 4.91. The van der Waals surface area contributed by atoms with Crippen molar-refractivity contribution in [2.45, 2.75) is 13.5 Å². The predicted molar refractivity (Wildman–Crippen MR) is 36.2 cm³/mol. The van der Waals surface area contributed by atoms with Crippen molar-refractivity contribution in [3.8, 4) is 0 Å². The molecule has 1 N–H and O–H groups in total. The molecule has 0 aliphatic rings. The van der Waals surface area contributed by atoms with Gasteiger partial charge in [0, 0.05) is 19.0 Å². The van der Waals surface area contributed by atoms with Crippen molar-refractivity contribution < 1.29 is 4.74 Å². The normalized spacial score (nSPS) is 10.0. The Hall–Kier alpha value is -0.760. The van der Waals surface area contributed by atoms with Crippen LogP contribution in [-0.4, -0.2) is 12.1 Å². The Morgan fingerprint density at radius 1 is 1.67 bits per heavy atom. The summed E-state index contributed by atoms with van der Waals surface area (Å²) in [7, 11) is 1.69. The van der Waals surface area contributed by atoms with E-state index in [2.05, 4.69) is 18.0 Å². The Bertz CT molecular complexity index is 181. The molecule has 0 radical (unpaired) electrons. The van der Waals surface area contributed by atoms with Gasteiger partial charge in [0.15, 0.2) is 0 Å². The van der Waals surface area contributed by atoms with E-state index in [0.717, 1.165) is 5.69 Å². The molecular weight excluding hydrogens is 114 g/mol. The minimum atomic E-state index is 0.674. The van der Waals surface area contributed by atoms with Gasteiger partial charge in [0.2, 0.25) is 0 Å². The molecule has 0 atom stereocenters. The van der Waals surface area contributed by atoms with Crippen molar-refractivity contribution in [1.29, 1.82) is 0 Å². The van der Waals surface area contributed by atoms with Gasteiger partial charge in [-0.15, -0.1) is 0 Å². The van der Waals surface area contributed by atoms with Crippen molar-refractivity contribution >= 4 is 0 Å². The minimum absolute atomic E-state index is 0.674. The molecule has 0 bridgehead atoms. The Morgan fingerprint density at radius 2 is 2.44 bits per heavy atom. The number of aryl methyl sites for hydroxylation is 1. The molecule has 9 heavy (non-hydrogen) atoms. The largest absolute Gasteiger partial charge is 0.378 e. The van der Waals surface area contributed by atoms with Crippen molar-refractivity contribution in [1.82, 2.24) is 4.98 Å². The number of nitrogens with one attached hydrogen (secondary N) is 1. The summed E-state index contributed by atoms with van der Waals surface area (Å²) in [4.78, 5) is 3.08. The number of hydrogen-bond donors (Lipinski definition) is 1. The SMILES string of the molecule is COCc1cc(C)c[nH]1. The van der Waals surface area contributed by atoms with Crippen LogP contribution in [0.2, 0.25) is 0 Å². The highest BCUT2D eigenvalue weighted by Crippen LogP contribution is 2.01. The summed E-state index contributed by atoms with van der Waals surface area (Å²) in [6, 6.07) is 2.07. The van der Waals surface area contributed by atoms with Crippen LogP contribution >= 0.6 is 0 Å². The number of ether oxygens (including phenoxy) is 1. The van der Waals surface area contributed by atoms with Gasteiger partial charge in [-0.2, -0.15) is 0 Å². The molecule has 0 fully saturated rings. The third-order valence-corrected chi connectivity index (χ3v) is 1.19. The number of aromatic nitrogens is 1. The lowest BCUT2D eigenvalue weighted by Crippen LogP contribution is -1.84. The van der Waals surface area contributed by atoms with Crippen LogP contribution in [0, 0.1) is 6.92 Å². The van der Waals surface area contributed by atoms with Crippen LogP contribution in [-0.2, 0) is 11.3 Å².